The van der Waals surface area contributed by atoms with E-state index in [2.05, 4.69) is 23.7 Å². The average molecular weight is 265 g/mol. The summed E-state index contributed by atoms with van der Waals surface area (Å²) in [5, 5.41) is 0. The van der Waals surface area contributed by atoms with Gasteiger partial charge in [0.2, 0.25) is 0 Å². The Hall–Kier alpha value is -1.33. The molecular formula is C13H19N3OS. The molecule has 0 spiro atoms. The van der Waals surface area contributed by atoms with E-state index in [1.807, 2.05) is 12.1 Å². The molecule has 0 unspecified atom stereocenters. The number of benzene rings is 1. The molecule has 1 heterocycles. The minimum absolute atomic E-state index is 0.647. The lowest BCUT2D eigenvalue weighted by molar-refractivity contribution is 0.223. The fourth-order valence-electron chi connectivity index (χ4n) is 1.88. The van der Waals surface area contributed by atoms with Gasteiger partial charge in [0, 0.05) is 6.54 Å². The number of fused-ring (bicyclic) bond motifs is 1. The molecule has 0 saturated heterocycles. The Kier molecular flexibility index (Phi) is 4.38. The number of likely N-dealkylation sites (N-methyl/N-ethyl adjacent to an activating group) is 1. The van der Waals surface area contributed by atoms with Crippen LogP contribution in [0.4, 0.5) is 5.69 Å². The minimum atomic E-state index is 0.647. The van der Waals surface area contributed by atoms with Gasteiger partial charge >= 0.3 is 0 Å². The maximum Gasteiger partial charge on any atom is 0.144 e. The first-order valence-corrected chi connectivity index (χ1v) is 7.11. The Morgan fingerprint density at radius 3 is 2.83 bits per heavy atom. The van der Waals surface area contributed by atoms with Crippen molar-refractivity contribution in [3.63, 3.8) is 0 Å². The van der Waals surface area contributed by atoms with Crippen LogP contribution in [0.1, 0.15) is 13.8 Å². The van der Waals surface area contributed by atoms with E-state index in [-0.39, 0.29) is 0 Å². The zero-order valence-electron chi connectivity index (χ0n) is 10.8. The molecule has 0 saturated carbocycles. The Bertz CT molecular complexity index is 508. The van der Waals surface area contributed by atoms with Crippen molar-refractivity contribution in [3.05, 3.63) is 17.6 Å². The third kappa shape index (κ3) is 2.73. The van der Waals surface area contributed by atoms with Crippen molar-refractivity contribution in [2.24, 2.45) is 0 Å². The van der Waals surface area contributed by atoms with E-state index in [1.165, 1.54) is 0 Å². The highest BCUT2D eigenvalue weighted by molar-refractivity contribution is 7.16. The molecule has 0 amide bonds. The summed E-state index contributed by atoms with van der Waals surface area (Å²) in [6.45, 7) is 7.96. The number of nitrogens with zero attached hydrogens (tertiary/aromatic N) is 2. The summed E-state index contributed by atoms with van der Waals surface area (Å²) in [6, 6.07) is 3.94. The molecule has 5 heteroatoms. The predicted octanol–water partition coefficient (Wildman–Crippen LogP) is 2.60. The van der Waals surface area contributed by atoms with Crippen LogP contribution in [0.2, 0.25) is 0 Å². The monoisotopic (exact) mass is 265 g/mol. The topological polar surface area (TPSA) is 51.4 Å². The molecule has 0 aliphatic carbocycles. The van der Waals surface area contributed by atoms with Gasteiger partial charge in [-0.2, -0.15) is 0 Å². The molecule has 2 aromatic rings. The third-order valence-corrected chi connectivity index (χ3v) is 3.86. The average Bonchev–Trinajstić information content (AvgIpc) is 2.86. The Labute approximate surface area is 111 Å². The van der Waals surface area contributed by atoms with Gasteiger partial charge in [-0.1, -0.05) is 13.8 Å². The second-order valence-corrected chi connectivity index (χ2v) is 4.94. The Balaban J connectivity index is 2.01. The quantitative estimate of drug-likeness (QED) is 0.816. The number of ether oxygens (including phenoxy) is 1. The maximum atomic E-state index is 6.05. The molecule has 4 nitrogen and oxygen atoms in total. The third-order valence-electron chi connectivity index (χ3n) is 3.06. The SMILES string of the molecule is CCN(CC)CCOc1ccc2scnc2c1N. The van der Waals surface area contributed by atoms with Crippen LogP contribution in [0.25, 0.3) is 10.2 Å². The lowest BCUT2D eigenvalue weighted by Gasteiger charge is -2.18. The number of nitrogen functional groups attached to an aromatic ring is 1. The van der Waals surface area contributed by atoms with Crippen molar-refractivity contribution < 1.29 is 4.74 Å². The van der Waals surface area contributed by atoms with Gasteiger partial charge in [-0.3, -0.25) is 0 Å². The molecular weight excluding hydrogens is 246 g/mol. The van der Waals surface area contributed by atoms with Crippen LogP contribution in [0.5, 0.6) is 5.75 Å². The van der Waals surface area contributed by atoms with Gasteiger partial charge < -0.3 is 15.4 Å². The normalized spacial score (nSPS) is 11.3. The zero-order chi connectivity index (χ0) is 13.0. The molecule has 0 radical (unpaired) electrons. The van der Waals surface area contributed by atoms with Crippen LogP contribution >= 0.6 is 11.3 Å². The first kappa shape index (κ1) is 13.1. The largest absolute Gasteiger partial charge is 0.490 e. The van der Waals surface area contributed by atoms with Crippen molar-refractivity contribution in [2.45, 2.75) is 13.8 Å². The Morgan fingerprint density at radius 1 is 1.33 bits per heavy atom. The molecule has 18 heavy (non-hydrogen) atoms. The lowest BCUT2D eigenvalue weighted by Crippen LogP contribution is -2.28. The highest BCUT2D eigenvalue weighted by Gasteiger charge is 2.08. The van der Waals surface area contributed by atoms with Gasteiger partial charge in [-0.25, -0.2) is 4.98 Å². The van der Waals surface area contributed by atoms with Crippen LogP contribution in [0.3, 0.4) is 0 Å². The van der Waals surface area contributed by atoms with Crippen molar-refractivity contribution in [3.8, 4) is 5.75 Å². The van der Waals surface area contributed by atoms with E-state index in [4.69, 9.17) is 10.5 Å². The summed E-state index contributed by atoms with van der Waals surface area (Å²) in [5.74, 6) is 0.737. The van der Waals surface area contributed by atoms with Crippen molar-refractivity contribution >= 4 is 27.2 Å². The molecule has 1 aromatic carbocycles. The van der Waals surface area contributed by atoms with Crippen LogP contribution < -0.4 is 10.5 Å². The van der Waals surface area contributed by atoms with Crippen LogP contribution in [-0.2, 0) is 0 Å². The van der Waals surface area contributed by atoms with E-state index in [0.717, 1.165) is 35.6 Å². The van der Waals surface area contributed by atoms with Crippen LogP contribution in [0, 0.1) is 0 Å². The highest BCUT2D eigenvalue weighted by atomic mass is 32.1. The van der Waals surface area contributed by atoms with E-state index in [1.54, 1.807) is 16.8 Å². The molecule has 0 aliphatic heterocycles. The van der Waals surface area contributed by atoms with Crippen LogP contribution in [-0.4, -0.2) is 36.1 Å². The molecule has 0 atom stereocenters. The number of rotatable bonds is 6. The molecule has 0 bridgehead atoms. The van der Waals surface area contributed by atoms with Gasteiger partial charge in [-0.05, 0) is 25.2 Å². The van der Waals surface area contributed by atoms with Crippen molar-refractivity contribution in [2.75, 3.05) is 32.0 Å². The van der Waals surface area contributed by atoms with E-state index in [0.29, 0.717) is 12.3 Å². The fraction of sp³-hybridized carbons (Fsp3) is 0.462. The Morgan fingerprint density at radius 2 is 2.11 bits per heavy atom. The number of anilines is 1. The summed E-state index contributed by atoms with van der Waals surface area (Å²) in [6.07, 6.45) is 0. The maximum absolute atomic E-state index is 6.05. The van der Waals surface area contributed by atoms with Crippen molar-refractivity contribution in [1.82, 2.24) is 9.88 Å². The first-order valence-electron chi connectivity index (χ1n) is 6.23. The molecule has 2 N–H and O–H groups in total. The van der Waals surface area contributed by atoms with E-state index in [9.17, 15) is 0 Å². The van der Waals surface area contributed by atoms with Gasteiger partial charge in [-0.15, -0.1) is 11.3 Å². The fourth-order valence-corrected chi connectivity index (χ4v) is 2.58. The molecule has 0 fully saturated rings. The van der Waals surface area contributed by atoms with Crippen LogP contribution in [0.15, 0.2) is 17.6 Å². The highest BCUT2D eigenvalue weighted by Crippen LogP contribution is 2.31. The van der Waals surface area contributed by atoms with Gasteiger partial charge in [0.05, 0.1) is 10.2 Å². The number of thiazole rings is 1. The molecule has 98 valence electrons. The zero-order valence-corrected chi connectivity index (χ0v) is 11.7. The molecule has 1 aromatic heterocycles. The smallest absolute Gasteiger partial charge is 0.144 e. The second kappa shape index (κ2) is 6.02. The number of nitrogens with two attached hydrogens (primary N) is 1. The first-order chi connectivity index (χ1) is 8.76. The second-order valence-electron chi connectivity index (χ2n) is 4.05. The number of hydrogen-bond acceptors (Lipinski definition) is 5. The number of hydrogen-bond donors (Lipinski definition) is 1. The lowest BCUT2D eigenvalue weighted by atomic mass is 10.2. The number of aromatic nitrogens is 1. The predicted molar refractivity (Wildman–Crippen MR) is 77.3 cm³/mol. The van der Waals surface area contributed by atoms with Gasteiger partial charge in [0.1, 0.15) is 23.6 Å². The summed E-state index contributed by atoms with van der Waals surface area (Å²) in [4.78, 5) is 6.57. The van der Waals surface area contributed by atoms with Gasteiger partial charge in [0.15, 0.2) is 0 Å². The molecule has 0 aliphatic rings. The van der Waals surface area contributed by atoms with Crippen molar-refractivity contribution in [1.29, 1.82) is 0 Å². The minimum Gasteiger partial charge on any atom is -0.490 e. The van der Waals surface area contributed by atoms with E-state index < -0.39 is 0 Å². The summed E-state index contributed by atoms with van der Waals surface area (Å²) in [5.41, 5.74) is 9.35. The molecule has 2 rings (SSSR count). The summed E-state index contributed by atoms with van der Waals surface area (Å²) < 4.78 is 6.85. The summed E-state index contributed by atoms with van der Waals surface area (Å²) >= 11 is 1.59. The summed E-state index contributed by atoms with van der Waals surface area (Å²) in [7, 11) is 0. The standard InChI is InChI=1S/C13H19N3OS/c1-3-16(4-2)7-8-17-10-5-6-11-13(12(10)14)15-9-18-11/h5-6,9H,3-4,7-8,14H2,1-2H3. The van der Waals surface area contributed by atoms with Gasteiger partial charge in [0.25, 0.3) is 0 Å². The van der Waals surface area contributed by atoms with E-state index >= 15 is 0 Å².